The van der Waals surface area contributed by atoms with Crippen LogP contribution in [0.4, 0.5) is 0 Å². The first-order chi connectivity index (χ1) is 34.0. The number of carbonyl (C=O) groups is 2. The van der Waals surface area contributed by atoms with Crippen molar-refractivity contribution in [3.05, 3.63) is 36.5 Å². The summed E-state index contributed by atoms with van der Waals surface area (Å²) in [5, 5.41) is 23.1. The molecule has 0 aliphatic rings. The van der Waals surface area contributed by atoms with E-state index in [0.717, 1.165) is 51.4 Å². The number of aliphatic hydroxyl groups is 2. The maximum absolute atomic E-state index is 12.4. The molecule has 2 atom stereocenters. The van der Waals surface area contributed by atoms with Gasteiger partial charge in [0.1, 0.15) is 0 Å². The Balaban J connectivity index is 3.54. The topological polar surface area (TPSA) is 95.9 Å². The van der Waals surface area contributed by atoms with Crippen molar-refractivity contribution in [3.63, 3.8) is 0 Å². The normalized spacial score (nSPS) is 12.8. The molecule has 0 heterocycles. The Kier molecular flexibility index (Phi) is 57.0. The molecule has 1 amide bonds. The van der Waals surface area contributed by atoms with E-state index < -0.39 is 12.1 Å². The van der Waals surface area contributed by atoms with Gasteiger partial charge >= 0.3 is 5.97 Å². The summed E-state index contributed by atoms with van der Waals surface area (Å²) in [5.41, 5.74) is 0. The van der Waals surface area contributed by atoms with Crippen LogP contribution in [-0.4, -0.2) is 47.4 Å². The second kappa shape index (κ2) is 58.6. The Morgan fingerprint density at radius 2 is 0.739 bits per heavy atom. The fourth-order valence-corrected chi connectivity index (χ4v) is 9.45. The van der Waals surface area contributed by atoms with Crippen molar-refractivity contribution >= 4 is 11.9 Å². The molecule has 0 aliphatic carbocycles. The van der Waals surface area contributed by atoms with Crippen LogP contribution in [0.3, 0.4) is 0 Å². The minimum Gasteiger partial charge on any atom is -0.466 e. The lowest BCUT2D eigenvalue weighted by molar-refractivity contribution is -0.143. The van der Waals surface area contributed by atoms with E-state index in [1.165, 1.54) is 244 Å². The third-order valence-electron chi connectivity index (χ3n) is 14.2. The van der Waals surface area contributed by atoms with E-state index in [2.05, 4.69) is 37.4 Å². The summed E-state index contributed by atoms with van der Waals surface area (Å²) >= 11 is 0. The molecule has 406 valence electrons. The molecule has 0 aliphatic heterocycles. The average molecular weight is 971 g/mol. The zero-order valence-corrected chi connectivity index (χ0v) is 46.3. The summed E-state index contributed by atoms with van der Waals surface area (Å²) in [6.45, 7) is 4.87. The smallest absolute Gasteiger partial charge is 0.305 e. The van der Waals surface area contributed by atoms with Gasteiger partial charge in [0, 0.05) is 12.8 Å². The third kappa shape index (κ3) is 55.2. The van der Waals surface area contributed by atoms with Crippen LogP contribution in [0.15, 0.2) is 36.5 Å². The van der Waals surface area contributed by atoms with Crippen LogP contribution in [0.25, 0.3) is 0 Å². The molecule has 6 nitrogen and oxygen atoms in total. The zero-order chi connectivity index (χ0) is 50.0. The molecule has 0 fully saturated rings. The maximum Gasteiger partial charge on any atom is 0.305 e. The Bertz CT molecular complexity index is 1120. The molecular weight excluding hydrogens is 851 g/mol. The summed E-state index contributed by atoms with van der Waals surface area (Å²) in [6, 6.07) is -0.673. The van der Waals surface area contributed by atoms with E-state index in [4.69, 9.17) is 4.74 Å². The highest BCUT2D eigenvalue weighted by Gasteiger charge is 2.17. The molecule has 6 heteroatoms. The first-order valence-corrected chi connectivity index (χ1v) is 30.8. The highest BCUT2D eigenvalue weighted by Crippen LogP contribution is 2.17. The Morgan fingerprint density at radius 3 is 1.13 bits per heavy atom. The Hall–Kier alpha value is -1.92. The van der Waals surface area contributed by atoms with Crippen LogP contribution in [0.1, 0.15) is 328 Å². The quantitative estimate of drug-likeness (QED) is 0.0321. The van der Waals surface area contributed by atoms with Crippen molar-refractivity contribution in [2.45, 2.75) is 341 Å². The van der Waals surface area contributed by atoms with Gasteiger partial charge in [0.15, 0.2) is 0 Å². The van der Waals surface area contributed by atoms with Crippen LogP contribution in [0.5, 0.6) is 0 Å². The molecular formula is C63H119NO5. The number of carbonyl (C=O) groups excluding carboxylic acids is 2. The molecule has 3 N–H and O–H groups in total. The predicted octanol–water partition coefficient (Wildman–Crippen LogP) is 19.2. The molecule has 0 bridgehead atoms. The van der Waals surface area contributed by atoms with E-state index in [9.17, 15) is 19.8 Å². The number of hydrogen-bond acceptors (Lipinski definition) is 5. The van der Waals surface area contributed by atoms with Crippen molar-refractivity contribution in [2.75, 3.05) is 13.2 Å². The van der Waals surface area contributed by atoms with Crippen molar-refractivity contribution in [3.8, 4) is 0 Å². The number of nitrogens with one attached hydrogen (secondary N) is 1. The van der Waals surface area contributed by atoms with Gasteiger partial charge < -0.3 is 20.3 Å². The van der Waals surface area contributed by atoms with Gasteiger partial charge in [-0.1, -0.05) is 301 Å². The van der Waals surface area contributed by atoms with Gasteiger partial charge in [0.2, 0.25) is 5.91 Å². The number of amides is 1. The summed E-state index contributed by atoms with van der Waals surface area (Å²) in [7, 11) is 0. The Labute approximate surface area is 430 Å². The SMILES string of the molecule is CCCCCCCCCCCCCCCCCCCC/C=C/C(O)C(CO)NC(=O)CC/C=C\C/C=C\CCCCCCCCOC(=O)CCCCCCCCCCCCCCCCCCCCC. The fraction of sp³-hybridized carbons (Fsp3) is 0.873. The van der Waals surface area contributed by atoms with Crippen molar-refractivity contribution < 1.29 is 24.5 Å². The van der Waals surface area contributed by atoms with E-state index in [-0.39, 0.29) is 18.5 Å². The Morgan fingerprint density at radius 1 is 0.406 bits per heavy atom. The standard InChI is InChI=1S/C63H119NO5/c1-3-5-7-9-11-13-15-17-19-21-23-25-26-28-31-35-39-43-47-51-55-61(66)60(59-65)64-62(67)56-52-48-44-40-36-32-30-34-38-42-46-50-54-58-69-63(68)57-53-49-45-41-37-33-29-27-24-22-20-18-16-14-12-10-8-6-4-2/h32,36,44,48,51,55,60-61,65-66H,3-31,33-35,37-43,45-47,49-50,52-54,56-59H2,1-2H3,(H,64,67)/b36-32-,48-44-,55-51+. The third-order valence-corrected chi connectivity index (χ3v) is 14.2. The minimum absolute atomic E-state index is 0.0134. The molecule has 0 aromatic heterocycles. The summed E-state index contributed by atoms with van der Waals surface area (Å²) in [5.74, 6) is -0.159. The summed E-state index contributed by atoms with van der Waals surface area (Å²) < 4.78 is 5.48. The van der Waals surface area contributed by atoms with Crippen molar-refractivity contribution in [2.24, 2.45) is 0 Å². The summed E-state index contributed by atoms with van der Waals surface area (Å²) in [6.07, 6.45) is 73.4. The first kappa shape index (κ1) is 67.1. The second-order valence-electron chi connectivity index (χ2n) is 21.0. The molecule has 0 aromatic carbocycles. The lowest BCUT2D eigenvalue weighted by atomic mass is 10.0. The van der Waals surface area contributed by atoms with Crippen molar-refractivity contribution in [1.82, 2.24) is 5.32 Å². The number of rotatable bonds is 57. The molecule has 69 heavy (non-hydrogen) atoms. The molecule has 2 unspecified atom stereocenters. The molecule has 0 radical (unpaired) electrons. The van der Waals surface area contributed by atoms with Gasteiger partial charge in [0.25, 0.3) is 0 Å². The molecule has 0 saturated carbocycles. The molecule has 0 saturated heterocycles. The van der Waals surface area contributed by atoms with Gasteiger partial charge in [-0.05, 0) is 51.4 Å². The largest absolute Gasteiger partial charge is 0.466 e. The first-order valence-electron chi connectivity index (χ1n) is 30.8. The van der Waals surface area contributed by atoms with Gasteiger partial charge in [-0.25, -0.2) is 0 Å². The van der Waals surface area contributed by atoms with Crippen LogP contribution >= 0.6 is 0 Å². The highest BCUT2D eigenvalue weighted by molar-refractivity contribution is 5.76. The van der Waals surface area contributed by atoms with Gasteiger partial charge in [-0.15, -0.1) is 0 Å². The lowest BCUT2D eigenvalue weighted by Gasteiger charge is -2.19. The number of unbranched alkanes of at least 4 members (excludes halogenated alkanes) is 42. The maximum atomic E-state index is 12.4. The second-order valence-corrected chi connectivity index (χ2v) is 21.0. The fourth-order valence-electron chi connectivity index (χ4n) is 9.45. The monoisotopic (exact) mass is 970 g/mol. The molecule has 0 aromatic rings. The number of ether oxygens (including phenoxy) is 1. The predicted molar refractivity (Wildman–Crippen MR) is 301 cm³/mol. The van der Waals surface area contributed by atoms with Crippen LogP contribution in [0, 0.1) is 0 Å². The van der Waals surface area contributed by atoms with Gasteiger partial charge in [0.05, 0.1) is 25.4 Å². The highest BCUT2D eigenvalue weighted by atomic mass is 16.5. The lowest BCUT2D eigenvalue weighted by Crippen LogP contribution is -2.45. The van der Waals surface area contributed by atoms with E-state index >= 15 is 0 Å². The van der Waals surface area contributed by atoms with Crippen LogP contribution in [-0.2, 0) is 14.3 Å². The molecule has 0 spiro atoms. The van der Waals surface area contributed by atoms with E-state index in [1.54, 1.807) is 6.08 Å². The van der Waals surface area contributed by atoms with Crippen molar-refractivity contribution in [1.29, 1.82) is 0 Å². The van der Waals surface area contributed by atoms with E-state index in [1.807, 2.05) is 12.2 Å². The zero-order valence-electron chi connectivity index (χ0n) is 46.3. The van der Waals surface area contributed by atoms with Crippen LogP contribution in [0.2, 0.25) is 0 Å². The molecule has 0 rings (SSSR count). The summed E-state index contributed by atoms with van der Waals surface area (Å²) in [4.78, 5) is 24.5. The van der Waals surface area contributed by atoms with Crippen LogP contribution < -0.4 is 5.32 Å². The number of aliphatic hydroxyl groups excluding tert-OH is 2. The average Bonchev–Trinajstić information content (AvgIpc) is 3.35. The van der Waals surface area contributed by atoms with E-state index in [0.29, 0.717) is 25.9 Å². The minimum atomic E-state index is -0.880. The number of hydrogen-bond donors (Lipinski definition) is 3. The number of esters is 1. The van der Waals surface area contributed by atoms with Gasteiger partial charge in [-0.3, -0.25) is 9.59 Å². The number of allylic oxidation sites excluding steroid dienone is 5. The van der Waals surface area contributed by atoms with Gasteiger partial charge in [-0.2, -0.15) is 0 Å².